The van der Waals surface area contributed by atoms with E-state index in [0.717, 1.165) is 7.05 Å². The van der Waals surface area contributed by atoms with Crippen molar-refractivity contribution in [2.45, 2.75) is 5.38 Å². The molecule has 54 valence electrons. The van der Waals surface area contributed by atoms with E-state index in [1.165, 1.54) is 0 Å². The van der Waals surface area contributed by atoms with Gasteiger partial charge in [0.05, 0.1) is 0 Å². The smallest absolute Gasteiger partial charge is 0.286 e. The molecule has 1 amide bonds. The summed E-state index contributed by atoms with van der Waals surface area (Å²) in [4.78, 5) is 9.96. The van der Waals surface area contributed by atoms with Gasteiger partial charge >= 0.3 is 11.3 Å². The zero-order valence-corrected chi connectivity index (χ0v) is 5.19. The van der Waals surface area contributed by atoms with Crippen molar-refractivity contribution in [3.05, 3.63) is 0 Å². The van der Waals surface area contributed by atoms with Gasteiger partial charge in [0.15, 0.2) is 0 Å². The van der Waals surface area contributed by atoms with Crippen molar-refractivity contribution in [1.82, 2.24) is 5.06 Å². The van der Waals surface area contributed by atoms with Crippen LogP contribution in [0.3, 0.4) is 0 Å². The maximum atomic E-state index is 11.6. The number of carbonyl (C=O) groups is 1. The number of carbonyl (C=O) groups excluding carboxylic acids is 1. The largest absolute Gasteiger partial charge is 0.402 e. The van der Waals surface area contributed by atoms with E-state index >= 15 is 0 Å². The number of halogens is 3. The molecule has 0 fully saturated rings. The standard InChI is InChI=1S/C3H4ClF2NO2/c1-7(9)2(8)3(4,5)6/h9H,1H3. The molecular weight excluding hydrogens is 155 g/mol. The summed E-state index contributed by atoms with van der Waals surface area (Å²) in [6.45, 7) is 0. The van der Waals surface area contributed by atoms with Crippen LogP contribution in [0.25, 0.3) is 0 Å². The van der Waals surface area contributed by atoms with Crippen LogP contribution in [0.2, 0.25) is 0 Å². The Balaban J connectivity index is 4.06. The first-order chi connectivity index (χ1) is 3.85. The van der Waals surface area contributed by atoms with Crippen molar-refractivity contribution < 1.29 is 18.8 Å². The summed E-state index contributed by atoms with van der Waals surface area (Å²) in [6, 6.07) is 0. The van der Waals surface area contributed by atoms with Crippen molar-refractivity contribution in [1.29, 1.82) is 0 Å². The topological polar surface area (TPSA) is 40.5 Å². The zero-order chi connectivity index (χ0) is 7.65. The van der Waals surface area contributed by atoms with E-state index in [9.17, 15) is 13.6 Å². The average Bonchev–Trinajstić information content (AvgIpc) is 1.62. The molecule has 0 bridgehead atoms. The lowest BCUT2D eigenvalue weighted by atomic mass is 10.6. The fourth-order valence-corrected chi connectivity index (χ4v) is 0.306. The highest BCUT2D eigenvalue weighted by molar-refractivity contribution is 6.31. The van der Waals surface area contributed by atoms with Gasteiger partial charge in [0.2, 0.25) is 0 Å². The van der Waals surface area contributed by atoms with E-state index in [0.29, 0.717) is 0 Å². The molecule has 0 aromatic carbocycles. The lowest BCUT2D eigenvalue weighted by Gasteiger charge is -2.10. The summed E-state index contributed by atoms with van der Waals surface area (Å²) in [5, 5.41) is 3.79. The normalized spacial score (nSPS) is 11.2. The Labute approximate surface area is 54.8 Å². The Hall–Kier alpha value is -0.420. The molecule has 0 saturated carbocycles. The maximum Gasteiger partial charge on any atom is 0.402 e. The van der Waals surface area contributed by atoms with E-state index < -0.39 is 11.3 Å². The van der Waals surface area contributed by atoms with Crippen molar-refractivity contribution in [2.24, 2.45) is 0 Å². The quantitative estimate of drug-likeness (QED) is 0.347. The number of nitrogens with zero attached hydrogens (tertiary/aromatic N) is 1. The number of alkyl halides is 3. The third kappa shape index (κ3) is 2.57. The van der Waals surface area contributed by atoms with Crippen LogP contribution in [0.5, 0.6) is 0 Å². The molecule has 9 heavy (non-hydrogen) atoms. The molecular formula is C3H4ClF2NO2. The van der Waals surface area contributed by atoms with Gasteiger partial charge in [0.1, 0.15) is 0 Å². The first-order valence-corrected chi connectivity index (χ1v) is 2.27. The molecule has 0 radical (unpaired) electrons. The van der Waals surface area contributed by atoms with Gasteiger partial charge < -0.3 is 0 Å². The minimum absolute atomic E-state index is 0.271. The zero-order valence-electron chi connectivity index (χ0n) is 4.44. The molecule has 0 aromatic rings. The van der Waals surface area contributed by atoms with Gasteiger partial charge in [-0.25, -0.2) is 5.06 Å². The second-order valence-corrected chi connectivity index (χ2v) is 1.80. The van der Waals surface area contributed by atoms with E-state index in [-0.39, 0.29) is 5.06 Å². The molecule has 6 heteroatoms. The second-order valence-electron chi connectivity index (χ2n) is 1.33. The predicted octanol–water partition coefficient (Wildman–Crippen LogP) is 0.666. The third-order valence-corrected chi connectivity index (χ3v) is 0.698. The Bertz CT molecular complexity index is 121. The molecule has 0 aromatic heterocycles. The molecule has 0 rings (SSSR count). The number of hydrogen-bond acceptors (Lipinski definition) is 2. The first kappa shape index (κ1) is 8.58. The SMILES string of the molecule is CN(O)C(=O)C(F)(F)Cl. The monoisotopic (exact) mass is 159 g/mol. The Morgan fingerprint density at radius 3 is 2.11 bits per heavy atom. The summed E-state index contributed by atoms with van der Waals surface area (Å²) in [5.41, 5.74) is 0. The molecule has 0 heterocycles. The lowest BCUT2D eigenvalue weighted by molar-refractivity contribution is -0.175. The number of rotatable bonds is 1. The average molecular weight is 160 g/mol. The van der Waals surface area contributed by atoms with Crippen LogP contribution in [-0.4, -0.2) is 28.6 Å². The first-order valence-electron chi connectivity index (χ1n) is 1.89. The summed E-state index contributed by atoms with van der Waals surface area (Å²) >= 11 is 4.19. The number of hydrogen-bond donors (Lipinski definition) is 1. The highest BCUT2D eigenvalue weighted by atomic mass is 35.5. The van der Waals surface area contributed by atoms with Crippen molar-refractivity contribution >= 4 is 17.5 Å². The summed E-state index contributed by atoms with van der Waals surface area (Å²) in [6.07, 6.45) is 0. The third-order valence-electron chi connectivity index (χ3n) is 0.536. The number of hydroxylamine groups is 2. The highest BCUT2D eigenvalue weighted by Gasteiger charge is 2.38. The van der Waals surface area contributed by atoms with Crippen LogP contribution in [0.1, 0.15) is 0 Å². The Morgan fingerprint density at radius 2 is 2.11 bits per heavy atom. The molecule has 0 aliphatic rings. The van der Waals surface area contributed by atoms with Gasteiger partial charge in [0, 0.05) is 7.05 Å². The summed E-state index contributed by atoms with van der Waals surface area (Å²) < 4.78 is 23.2. The molecule has 1 N–H and O–H groups in total. The lowest BCUT2D eigenvalue weighted by Crippen LogP contribution is -2.35. The van der Waals surface area contributed by atoms with Crippen molar-refractivity contribution in [3.63, 3.8) is 0 Å². The molecule has 0 atom stereocenters. The second kappa shape index (κ2) is 2.45. The minimum Gasteiger partial charge on any atom is -0.286 e. The number of amides is 1. The van der Waals surface area contributed by atoms with Crippen LogP contribution in [0.4, 0.5) is 8.78 Å². The van der Waals surface area contributed by atoms with E-state index in [1.54, 1.807) is 0 Å². The molecule has 0 unspecified atom stereocenters. The predicted molar refractivity (Wildman–Crippen MR) is 25.4 cm³/mol. The van der Waals surface area contributed by atoms with Gasteiger partial charge in [0.25, 0.3) is 0 Å². The molecule has 0 aliphatic carbocycles. The van der Waals surface area contributed by atoms with E-state index in [4.69, 9.17) is 5.21 Å². The fourth-order valence-electron chi connectivity index (χ4n) is 0.183. The minimum atomic E-state index is -4.01. The Kier molecular flexibility index (Phi) is 2.33. The van der Waals surface area contributed by atoms with E-state index in [1.807, 2.05) is 0 Å². The van der Waals surface area contributed by atoms with Gasteiger partial charge in [-0.1, -0.05) is 0 Å². The molecule has 0 spiro atoms. The van der Waals surface area contributed by atoms with Gasteiger partial charge in [-0.3, -0.25) is 10.0 Å². The highest BCUT2D eigenvalue weighted by Crippen LogP contribution is 2.19. The van der Waals surface area contributed by atoms with Crippen LogP contribution in [0.15, 0.2) is 0 Å². The van der Waals surface area contributed by atoms with Crippen LogP contribution in [-0.2, 0) is 4.79 Å². The van der Waals surface area contributed by atoms with Gasteiger partial charge in [-0.2, -0.15) is 8.78 Å². The van der Waals surface area contributed by atoms with Crippen LogP contribution >= 0.6 is 11.6 Å². The molecule has 0 aliphatic heterocycles. The van der Waals surface area contributed by atoms with Crippen molar-refractivity contribution in [2.75, 3.05) is 7.05 Å². The van der Waals surface area contributed by atoms with Gasteiger partial charge in [-0.05, 0) is 11.6 Å². The summed E-state index contributed by atoms with van der Waals surface area (Å²) in [7, 11) is 0.763. The van der Waals surface area contributed by atoms with Gasteiger partial charge in [-0.15, -0.1) is 0 Å². The van der Waals surface area contributed by atoms with Crippen LogP contribution in [0, 0.1) is 0 Å². The fraction of sp³-hybridized carbons (Fsp3) is 0.667. The molecule has 0 saturated heterocycles. The van der Waals surface area contributed by atoms with E-state index in [2.05, 4.69) is 11.6 Å². The van der Waals surface area contributed by atoms with Crippen LogP contribution < -0.4 is 0 Å². The maximum absolute atomic E-state index is 11.6. The molecule has 3 nitrogen and oxygen atoms in total. The van der Waals surface area contributed by atoms with Crippen molar-refractivity contribution in [3.8, 4) is 0 Å². The Morgan fingerprint density at radius 1 is 1.78 bits per heavy atom. The summed E-state index contributed by atoms with van der Waals surface area (Å²) in [5.74, 6) is -1.84.